The SMILES string of the molecule is CN(C)C(=O)C[C@H](CS(=O)(=O)c1ccccc1)Nc1ccc(S(=O)(=O)NC(=O)c2ccc(N3CCN(C(C)(c4ccccc4-c4ccc(Cl)cc4)c4ccccc4-c4ccc(Cl)cc4)CC3)cc2)cc1[N+](=O)[O-]. The summed E-state index contributed by atoms with van der Waals surface area (Å²) in [5.41, 5.74) is 5.75. The molecule has 1 aliphatic heterocycles. The number of benzene rings is 7. The molecule has 7 aromatic rings. The quantitative estimate of drug-likeness (QED) is 0.0655. The molecule has 0 bridgehead atoms. The summed E-state index contributed by atoms with van der Waals surface area (Å²) >= 11 is 12.7. The van der Waals surface area contributed by atoms with Gasteiger partial charge in [-0.05, 0) is 113 Å². The zero-order valence-electron chi connectivity index (χ0n) is 40.1. The Morgan fingerprint density at radius 3 is 1.73 bits per heavy atom. The van der Waals surface area contributed by atoms with Gasteiger partial charge < -0.3 is 15.1 Å². The summed E-state index contributed by atoms with van der Waals surface area (Å²) in [5.74, 6) is -2.00. The summed E-state index contributed by atoms with van der Waals surface area (Å²) in [6, 6.07) is 48.5. The van der Waals surface area contributed by atoms with Crippen LogP contribution in [0.4, 0.5) is 17.1 Å². The van der Waals surface area contributed by atoms with E-state index in [9.17, 15) is 36.5 Å². The first kappa shape index (κ1) is 52.2. The van der Waals surface area contributed by atoms with Crippen molar-refractivity contribution in [2.75, 3.05) is 56.2 Å². The number of halogens is 2. The van der Waals surface area contributed by atoms with Crippen molar-refractivity contribution < 1.29 is 31.3 Å². The van der Waals surface area contributed by atoms with Gasteiger partial charge in [-0.2, -0.15) is 0 Å². The molecule has 7 aromatic carbocycles. The van der Waals surface area contributed by atoms with E-state index in [0.717, 1.165) is 57.3 Å². The van der Waals surface area contributed by atoms with Gasteiger partial charge >= 0.3 is 0 Å². The van der Waals surface area contributed by atoms with Crippen molar-refractivity contribution >= 4 is 71.9 Å². The van der Waals surface area contributed by atoms with E-state index in [0.29, 0.717) is 36.2 Å². The van der Waals surface area contributed by atoms with E-state index in [-0.39, 0.29) is 22.6 Å². The predicted molar refractivity (Wildman–Crippen MR) is 287 cm³/mol. The van der Waals surface area contributed by atoms with E-state index in [1.54, 1.807) is 30.3 Å². The number of rotatable bonds is 17. The van der Waals surface area contributed by atoms with E-state index < -0.39 is 64.5 Å². The minimum atomic E-state index is -4.66. The summed E-state index contributed by atoms with van der Waals surface area (Å²) in [6.07, 6.45) is -0.345. The number of amides is 2. The molecule has 14 nitrogen and oxygen atoms in total. The molecule has 0 spiro atoms. The number of hydrogen-bond donors (Lipinski definition) is 2. The summed E-state index contributed by atoms with van der Waals surface area (Å²) in [4.78, 5) is 43.2. The van der Waals surface area contributed by atoms with Crippen molar-refractivity contribution in [2.24, 2.45) is 0 Å². The molecule has 0 unspecified atom stereocenters. The minimum absolute atomic E-state index is 0.000311. The lowest BCUT2D eigenvalue weighted by Crippen LogP contribution is -2.55. The van der Waals surface area contributed by atoms with Gasteiger partial charge in [0, 0.05) is 80.1 Å². The maximum atomic E-state index is 13.6. The number of nitro benzene ring substituents is 1. The predicted octanol–water partition coefficient (Wildman–Crippen LogP) is 10.2. The number of carbonyl (C=O) groups excluding carboxylic acids is 2. The fourth-order valence-corrected chi connectivity index (χ4v) is 12.0. The molecule has 1 fully saturated rings. The second-order valence-corrected chi connectivity index (χ2v) is 22.6. The summed E-state index contributed by atoms with van der Waals surface area (Å²) in [7, 11) is -5.65. The van der Waals surface area contributed by atoms with Crippen molar-refractivity contribution in [3.63, 3.8) is 0 Å². The topological polar surface area (TPSA) is 179 Å². The van der Waals surface area contributed by atoms with E-state index in [1.807, 2.05) is 65.4 Å². The van der Waals surface area contributed by atoms with Crippen LogP contribution in [-0.4, -0.2) is 95.4 Å². The number of anilines is 2. The van der Waals surface area contributed by atoms with Crippen molar-refractivity contribution in [2.45, 2.75) is 34.7 Å². The fourth-order valence-electron chi connectivity index (χ4n) is 9.24. The Hall–Kier alpha value is -7.08. The Kier molecular flexibility index (Phi) is 15.7. The van der Waals surface area contributed by atoms with Crippen LogP contribution in [0, 0.1) is 10.1 Å². The van der Waals surface area contributed by atoms with Crippen LogP contribution in [0.3, 0.4) is 0 Å². The Labute approximate surface area is 435 Å². The van der Waals surface area contributed by atoms with Crippen LogP contribution in [0.15, 0.2) is 180 Å². The molecule has 1 aliphatic rings. The molecule has 0 radical (unpaired) electrons. The first-order chi connectivity index (χ1) is 34.8. The summed E-state index contributed by atoms with van der Waals surface area (Å²) < 4.78 is 55.9. The molecule has 0 aliphatic carbocycles. The Morgan fingerprint density at radius 1 is 0.685 bits per heavy atom. The third-order valence-corrected chi connectivity index (χ3v) is 16.8. The zero-order valence-corrected chi connectivity index (χ0v) is 43.3. The molecule has 18 heteroatoms. The molecule has 1 atom stereocenters. The highest BCUT2D eigenvalue weighted by molar-refractivity contribution is 7.91. The van der Waals surface area contributed by atoms with Gasteiger partial charge in [0.05, 0.1) is 26.0 Å². The molecule has 1 saturated heterocycles. The average Bonchev–Trinajstić information content (AvgIpc) is 3.39. The van der Waals surface area contributed by atoms with E-state index in [4.69, 9.17) is 23.2 Å². The van der Waals surface area contributed by atoms with E-state index in [2.05, 4.69) is 58.4 Å². The number of hydrogen-bond acceptors (Lipinski definition) is 11. The van der Waals surface area contributed by atoms with Crippen LogP contribution in [0.5, 0.6) is 0 Å². The van der Waals surface area contributed by atoms with Gasteiger partial charge in [-0.1, -0.05) is 114 Å². The van der Waals surface area contributed by atoms with Gasteiger partial charge in [-0.15, -0.1) is 0 Å². The van der Waals surface area contributed by atoms with Crippen LogP contribution in [0.1, 0.15) is 34.8 Å². The molecule has 2 N–H and O–H groups in total. The number of sulfonamides is 1. The Balaban J connectivity index is 0.994. The third-order valence-electron chi connectivity index (χ3n) is 13.1. The molecule has 376 valence electrons. The molecule has 8 rings (SSSR count). The number of nitrogens with one attached hydrogen (secondary N) is 2. The van der Waals surface area contributed by atoms with Crippen LogP contribution < -0.4 is 14.9 Å². The maximum Gasteiger partial charge on any atom is 0.293 e. The number of sulfone groups is 1. The lowest BCUT2D eigenvalue weighted by molar-refractivity contribution is -0.384. The van der Waals surface area contributed by atoms with Crippen molar-refractivity contribution in [1.82, 2.24) is 14.5 Å². The van der Waals surface area contributed by atoms with Crippen molar-refractivity contribution in [3.8, 4) is 22.3 Å². The number of carbonyl (C=O) groups is 2. The molecule has 0 aromatic heterocycles. The monoisotopic (exact) mass is 1060 g/mol. The summed E-state index contributed by atoms with van der Waals surface area (Å²) in [5, 5.41) is 16.4. The highest BCUT2D eigenvalue weighted by Gasteiger charge is 2.41. The first-order valence-electron chi connectivity index (χ1n) is 23.2. The molecule has 73 heavy (non-hydrogen) atoms. The average molecular weight is 1060 g/mol. The molecule has 1 heterocycles. The van der Waals surface area contributed by atoms with Gasteiger partial charge in [0.2, 0.25) is 5.91 Å². The van der Waals surface area contributed by atoms with Gasteiger partial charge in [0.1, 0.15) is 5.69 Å². The van der Waals surface area contributed by atoms with Gasteiger partial charge in [-0.25, -0.2) is 21.6 Å². The largest absolute Gasteiger partial charge is 0.375 e. The van der Waals surface area contributed by atoms with Crippen LogP contribution in [-0.2, 0) is 30.2 Å². The van der Waals surface area contributed by atoms with Gasteiger partial charge in [0.25, 0.3) is 21.6 Å². The van der Waals surface area contributed by atoms with Crippen LogP contribution in [0.2, 0.25) is 10.0 Å². The third kappa shape index (κ3) is 11.7. The van der Waals surface area contributed by atoms with Gasteiger partial charge in [-0.3, -0.25) is 24.6 Å². The minimum Gasteiger partial charge on any atom is -0.375 e. The number of nitrogens with zero attached hydrogens (tertiary/aromatic N) is 4. The number of piperazine rings is 1. The highest BCUT2D eigenvalue weighted by Crippen LogP contribution is 2.45. The zero-order chi connectivity index (χ0) is 52.1. The van der Waals surface area contributed by atoms with Crippen molar-refractivity contribution in [1.29, 1.82) is 0 Å². The number of nitro groups is 1. The first-order valence-corrected chi connectivity index (χ1v) is 27.1. The fraction of sp³-hybridized carbons (Fsp3) is 0.200. The summed E-state index contributed by atoms with van der Waals surface area (Å²) in [6.45, 7) is 4.83. The lowest BCUT2D eigenvalue weighted by Gasteiger charge is -2.48. The normalized spacial score (nSPS) is 13.7. The Morgan fingerprint density at radius 2 is 1.21 bits per heavy atom. The lowest BCUT2D eigenvalue weighted by atomic mass is 9.76. The molecule has 0 saturated carbocycles. The van der Waals surface area contributed by atoms with Crippen LogP contribution >= 0.6 is 23.2 Å². The smallest absolute Gasteiger partial charge is 0.293 e. The molecular weight excluding hydrogens is 1010 g/mol. The standard InChI is InChI=1S/C55H52Cl2N6O8S2/c1-55(49-15-9-7-13-47(49)38-17-23-41(56)24-18-38,50-16-10-8-14-48(50)39-19-25-42(57)26-20-39)62-33-31-61(32-34-62)44-27-21-40(22-28-44)54(65)59-73(70,71)46-29-30-51(52(36-46)63(66)67)58-43(35-53(64)60(2)3)37-72(68,69)45-11-5-4-6-12-45/h4-30,36,43,58H,31-35,37H2,1-3H3,(H,59,65)/t43-/m1/s1. The van der Waals surface area contributed by atoms with E-state index in [1.165, 1.54) is 43.3 Å². The molecule has 2 amide bonds. The second kappa shape index (κ2) is 22.0. The maximum absolute atomic E-state index is 13.6. The van der Waals surface area contributed by atoms with Crippen molar-refractivity contribution in [3.05, 3.63) is 207 Å². The van der Waals surface area contributed by atoms with E-state index >= 15 is 0 Å². The Bertz CT molecular complexity index is 3290. The van der Waals surface area contributed by atoms with Gasteiger partial charge in [0.15, 0.2) is 9.84 Å². The van der Waals surface area contributed by atoms with Crippen LogP contribution in [0.25, 0.3) is 22.3 Å². The molecular formula is C55H52Cl2N6O8S2. The second-order valence-electron chi connectivity index (χ2n) is 18.0. The highest BCUT2D eigenvalue weighted by atomic mass is 35.5.